The van der Waals surface area contributed by atoms with Gasteiger partial charge in [-0.25, -0.2) is 8.42 Å². The van der Waals surface area contributed by atoms with Crippen LogP contribution in [-0.4, -0.2) is 8.42 Å². The average molecular weight is 501 g/mol. The van der Waals surface area contributed by atoms with Crippen molar-refractivity contribution in [3.8, 4) is 12.1 Å². The van der Waals surface area contributed by atoms with Crippen molar-refractivity contribution in [2.75, 3.05) is 0 Å². The van der Waals surface area contributed by atoms with Crippen LogP contribution in [0, 0.1) is 22.7 Å². The van der Waals surface area contributed by atoms with Crippen LogP contribution in [0.2, 0.25) is 0 Å². The van der Waals surface area contributed by atoms with Gasteiger partial charge in [-0.05, 0) is 70.5 Å². The Morgan fingerprint density at radius 2 is 0.946 bits per heavy atom. The molecular weight excluding hydrogens is 476 g/mol. The van der Waals surface area contributed by atoms with E-state index in [0.29, 0.717) is 22.6 Å². The molecule has 0 aliphatic rings. The van der Waals surface area contributed by atoms with Crippen LogP contribution in [0.4, 0.5) is 0 Å². The van der Waals surface area contributed by atoms with Crippen LogP contribution in [0.15, 0.2) is 119 Å². The smallest absolute Gasteiger partial charge is 0.207 e. The molecule has 4 rings (SSSR count). The van der Waals surface area contributed by atoms with Crippen molar-refractivity contribution in [2.24, 2.45) is 0 Å². The minimum atomic E-state index is -3.78. The summed E-state index contributed by atoms with van der Waals surface area (Å²) in [6, 6.07) is 33.7. The third-order valence-electron chi connectivity index (χ3n) is 5.97. The van der Waals surface area contributed by atoms with Crippen molar-refractivity contribution in [2.45, 2.75) is 22.6 Å². The van der Waals surface area contributed by atoms with Gasteiger partial charge in [0.15, 0.2) is 0 Å². The molecule has 0 fully saturated rings. The van der Waals surface area contributed by atoms with E-state index in [2.05, 4.69) is 0 Å². The summed E-state index contributed by atoms with van der Waals surface area (Å²) < 4.78 is 27.8. The van der Waals surface area contributed by atoms with Crippen LogP contribution in [0.1, 0.15) is 33.4 Å². The fourth-order valence-corrected chi connectivity index (χ4v) is 5.87. The van der Waals surface area contributed by atoms with Gasteiger partial charge in [0, 0.05) is 12.2 Å². The van der Waals surface area contributed by atoms with Gasteiger partial charge < -0.3 is 0 Å². The summed E-state index contributed by atoms with van der Waals surface area (Å²) in [5.41, 5.74) is 5.24. The number of rotatable bonds is 8. The van der Waals surface area contributed by atoms with E-state index < -0.39 is 9.84 Å². The van der Waals surface area contributed by atoms with Crippen LogP contribution in [0.25, 0.3) is 12.2 Å². The second kappa shape index (κ2) is 11.8. The van der Waals surface area contributed by atoms with Crippen molar-refractivity contribution in [1.29, 1.82) is 10.5 Å². The summed E-state index contributed by atoms with van der Waals surface area (Å²) in [5, 5.41) is 17.4. The molecule has 0 saturated carbocycles. The molecule has 0 radical (unpaired) electrons. The second-order valence-corrected chi connectivity index (χ2v) is 10.4. The van der Waals surface area contributed by atoms with Crippen molar-refractivity contribution in [3.63, 3.8) is 0 Å². The Kier molecular flexibility index (Phi) is 8.11. The summed E-state index contributed by atoms with van der Waals surface area (Å²) in [7, 11) is -3.78. The molecule has 0 aromatic heterocycles. The maximum atomic E-state index is 13.9. The monoisotopic (exact) mass is 500 g/mol. The Balaban J connectivity index is 1.64. The molecule has 5 heteroatoms. The molecular formula is C32H24N2O2S. The number of nitrogens with zero attached hydrogens (tertiary/aromatic N) is 2. The molecule has 4 aromatic rings. The Bertz CT molecular complexity index is 1520. The number of nitriles is 2. The van der Waals surface area contributed by atoms with E-state index in [1.165, 1.54) is 12.2 Å². The lowest BCUT2D eigenvalue weighted by atomic mass is 10.0. The lowest BCUT2D eigenvalue weighted by Crippen LogP contribution is -2.09. The number of sulfone groups is 1. The molecule has 0 amide bonds. The minimum absolute atomic E-state index is 0.299. The van der Waals surface area contributed by atoms with E-state index in [1.807, 2.05) is 84.9 Å². The minimum Gasteiger partial charge on any atom is -0.218 e. The highest BCUT2D eigenvalue weighted by Crippen LogP contribution is 2.29. The predicted molar refractivity (Wildman–Crippen MR) is 146 cm³/mol. The van der Waals surface area contributed by atoms with E-state index in [0.717, 1.165) is 33.4 Å². The fraction of sp³-hybridized carbons (Fsp3) is 0.0625. The Morgan fingerprint density at radius 3 is 1.32 bits per heavy atom. The third kappa shape index (κ3) is 6.30. The van der Waals surface area contributed by atoms with E-state index >= 15 is 0 Å². The molecule has 4 nitrogen and oxygen atoms in total. The largest absolute Gasteiger partial charge is 0.218 e. The number of hydrogen-bond donors (Lipinski definition) is 0. The quantitative estimate of drug-likeness (QED) is 0.250. The highest BCUT2D eigenvalue weighted by atomic mass is 32.2. The van der Waals surface area contributed by atoms with E-state index in [-0.39, 0.29) is 0 Å². The van der Waals surface area contributed by atoms with Crippen LogP contribution < -0.4 is 0 Å². The molecule has 37 heavy (non-hydrogen) atoms. The molecule has 4 aromatic carbocycles. The molecule has 180 valence electrons. The summed E-state index contributed by atoms with van der Waals surface area (Å²) in [6.07, 6.45) is 7.25. The zero-order valence-corrected chi connectivity index (χ0v) is 20.9. The standard InChI is InChI=1S/C32H24N2O2S/c33-21-5-7-25-13-17-27(18-14-25)23-29-9-1-3-11-31(29)37(35,36)32-12-4-2-10-30(32)24-28-19-15-26(16-20-28)8-6-22-34/h1-20H,23-24H2. The highest BCUT2D eigenvalue weighted by Gasteiger charge is 2.24. The molecule has 0 bridgehead atoms. The Labute approximate surface area is 218 Å². The number of allylic oxidation sites excluding steroid dienone is 2. The lowest BCUT2D eigenvalue weighted by molar-refractivity contribution is 0.594. The fourth-order valence-electron chi connectivity index (χ4n) is 4.14. The molecule has 0 N–H and O–H groups in total. The normalized spacial score (nSPS) is 11.4. The zero-order valence-electron chi connectivity index (χ0n) is 20.1. The first-order valence-corrected chi connectivity index (χ1v) is 13.2. The molecule has 0 heterocycles. The summed E-state index contributed by atoms with van der Waals surface area (Å²) in [4.78, 5) is 0.598. The van der Waals surface area contributed by atoms with E-state index in [1.54, 1.807) is 36.4 Å². The van der Waals surface area contributed by atoms with Gasteiger partial charge in [0.05, 0.1) is 21.9 Å². The van der Waals surface area contributed by atoms with Crippen molar-refractivity contribution in [3.05, 3.63) is 143 Å². The lowest BCUT2D eigenvalue weighted by Gasteiger charge is -2.14. The van der Waals surface area contributed by atoms with Crippen molar-refractivity contribution >= 4 is 22.0 Å². The molecule has 0 unspecified atom stereocenters. The van der Waals surface area contributed by atoms with E-state index in [9.17, 15) is 8.42 Å². The molecule has 0 spiro atoms. The highest BCUT2D eigenvalue weighted by molar-refractivity contribution is 7.91. The van der Waals surface area contributed by atoms with Gasteiger partial charge in [-0.15, -0.1) is 0 Å². The molecule has 0 aliphatic carbocycles. The zero-order chi connectivity index (χ0) is 26.1. The van der Waals surface area contributed by atoms with Gasteiger partial charge in [0.25, 0.3) is 0 Å². The van der Waals surface area contributed by atoms with Crippen LogP contribution in [0.5, 0.6) is 0 Å². The van der Waals surface area contributed by atoms with Crippen LogP contribution in [-0.2, 0) is 22.7 Å². The van der Waals surface area contributed by atoms with Gasteiger partial charge >= 0.3 is 0 Å². The Hall–Kier alpha value is -4.71. The number of hydrogen-bond acceptors (Lipinski definition) is 4. The first-order chi connectivity index (χ1) is 18.0. The summed E-state index contributed by atoms with van der Waals surface area (Å²) in [5.74, 6) is 0. The van der Waals surface area contributed by atoms with Gasteiger partial charge in [-0.1, -0.05) is 84.9 Å². The van der Waals surface area contributed by atoms with E-state index in [4.69, 9.17) is 10.5 Å². The topological polar surface area (TPSA) is 81.7 Å². The van der Waals surface area contributed by atoms with Crippen LogP contribution >= 0.6 is 0 Å². The van der Waals surface area contributed by atoms with Gasteiger partial charge in [0.1, 0.15) is 0 Å². The summed E-state index contributed by atoms with van der Waals surface area (Å²) >= 11 is 0. The summed E-state index contributed by atoms with van der Waals surface area (Å²) in [6.45, 7) is 0. The first kappa shape index (κ1) is 25.4. The predicted octanol–water partition coefficient (Wildman–Crippen LogP) is 6.77. The Morgan fingerprint density at radius 1 is 0.568 bits per heavy atom. The van der Waals surface area contributed by atoms with Crippen molar-refractivity contribution in [1.82, 2.24) is 0 Å². The van der Waals surface area contributed by atoms with Gasteiger partial charge in [-0.2, -0.15) is 10.5 Å². The molecule has 0 atom stereocenters. The average Bonchev–Trinajstić information content (AvgIpc) is 2.93. The SMILES string of the molecule is N#CC=Cc1ccc(Cc2ccccc2S(=O)(=O)c2ccccc2Cc2ccc(C=CC#N)cc2)cc1. The first-order valence-electron chi connectivity index (χ1n) is 11.7. The second-order valence-electron chi connectivity index (χ2n) is 8.48. The van der Waals surface area contributed by atoms with Gasteiger partial charge in [-0.3, -0.25) is 0 Å². The maximum Gasteiger partial charge on any atom is 0.207 e. The third-order valence-corrected chi connectivity index (χ3v) is 7.93. The van der Waals surface area contributed by atoms with Gasteiger partial charge in [0.2, 0.25) is 9.84 Å². The molecule has 0 aliphatic heterocycles. The maximum absolute atomic E-state index is 13.9. The number of benzene rings is 4. The van der Waals surface area contributed by atoms with Crippen molar-refractivity contribution < 1.29 is 8.42 Å². The molecule has 0 saturated heterocycles. The van der Waals surface area contributed by atoms with Crippen LogP contribution in [0.3, 0.4) is 0 Å².